The van der Waals surface area contributed by atoms with Crippen molar-refractivity contribution in [1.82, 2.24) is 19.7 Å². The molecule has 0 radical (unpaired) electrons. The van der Waals surface area contributed by atoms with Crippen LogP contribution < -0.4 is 10.1 Å². The van der Waals surface area contributed by atoms with Crippen LogP contribution in [0.5, 0.6) is 5.88 Å². The number of nitriles is 1. The van der Waals surface area contributed by atoms with Crippen molar-refractivity contribution in [2.75, 3.05) is 12.4 Å². The number of nitrogens with one attached hydrogen (secondary N) is 1. The number of hydrogen-bond acceptors (Lipinski definition) is 6. The lowest BCUT2D eigenvalue weighted by Gasteiger charge is -2.06. The summed E-state index contributed by atoms with van der Waals surface area (Å²) in [6, 6.07) is 1.96. The zero-order valence-corrected chi connectivity index (χ0v) is 10.3. The highest BCUT2D eigenvalue weighted by Crippen LogP contribution is 2.20. The van der Waals surface area contributed by atoms with Crippen molar-refractivity contribution in [1.29, 1.82) is 5.26 Å². The summed E-state index contributed by atoms with van der Waals surface area (Å²) in [5.74, 6) is 0.610. The predicted octanol–water partition coefficient (Wildman–Crippen LogP) is 1.14. The second kappa shape index (κ2) is 4.71. The van der Waals surface area contributed by atoms with Gasteiger partial charge < -0.3 is 10.1 Å². The monoisotopic (exact) mass is 244 g/mol. The van der Waals surface area contributed by atoms with Gasteiger partial charge in [-0.1, -0.05) is 0 Å². The van der Waals surface area contributed by atoms with Crippen LogP contribution in [0.4, 0.5) is 11.6 Å². The summed E-state index contributed by atoms with van der Waals surface area (Å²) in [5.41, 5.74) is 2.07. The molecule has 18 heavy (non-hydrogen) atoms. The Morgan fingerprint density at radius 1 is 1.44 bits per heavy atom. The third kappa shape index (κ3) is 2.08. The number of nitrogens with zero attached hydrogens (tertiary/aromatic N) is 5. The Kier molecular flexibility index (Phi) is 3.10. The van der Waals surface area contributed by atoms with Crippen molar-refractivity contribution in [3.05, 3.63) is 23.7 Å². The molecule has 2 rings (SSSR count). The van der Waals surface area contributed by atoms with Crippen LogP contribution in [0.1, 0.15) is 11.3 Å². The molecule has 1 N–H and O–H groups in total. The molecule has 0 aliphatic rings. The molecule has 0 bridgehead atoms. The number of rotatable bonds is 3. The van der Waals surface area contributed by atoms with Gasteiger partial charge in [0, 0.05) is 7.05 Å². The van der Waals surface area contributed by atoms with Gasteiger partial charge in [-0.15, -0.1) is 0 Å². The predicted molar refractivity (Wildman–Crippen MR) is 64.5 cm³/mol. The van der Waals surface area contributed by atoms with Crippen LogP contribution in [0.2, 0.25) is 0 Å². The van der Waals surface area contributed by atoms with Crippen molar-refractivity contribution in [3.8, 4) is 11.9 Å². The first-order valence-electron chi connectivity index (χ1n) is 5.22. The Labute approximate surface area is 104 Å². The highest BCUT2D eigenvalue weighted by Gasteiger charge is 2.09. The van der Waals surface area contributed by atoms with Gasteiger partial charge in [-0.3, -0.25) is 4.68 Å². The highest BCUT2D eigenvalue weighted by atomic mass is 16.5. The Bertz CT molecular complexity index is 612. The molecule has 7 nitrogen and oxygen atoms in total. The van der Waals surface area contributed by atoms with Crippen LogP contribution in [0.15, 0.2) is 12.4 Å². The molecule has 0 spiro atoms. The SMILES string of the molecule is COc1nc(Nc2cnn(C)c2C)ncc1C#N. The van der Waals surface area contributed by atoms with E-state index in [1.54, 1.807) is 10.9 Å². The molecule has 2 heterocycles. The summed E-state index contributed by atoms with van der Waals surface area (Å²) in [7, 11) is 3.31. The lowest BCUT2D eigenvalue weighted by atomic mass is 10.3. The third-order valence-electron chi connectivity index (χ3n) is 2.55. The molecule has 0 aliphatic heterocycles. The van der Waals surface area contributed by atoms with E-state index in [0.29, 0.717) is 11.5 Å². The standard InChI is InChI=1S/C11H12N6O/c1-7-9(6-14-17(7)2)15-11-13-5-8(4-12)10(16-11)18-3/h5-6H,1-3H3,(H,13,15,16). The zero-order chi connectivity index (χ0) is 13.1. The van der Waals surface area contributed by atoms with E-state index < -0.39 is 0 Å². The second-order valence-corrected chi connectivity index (χ2v) is 3.62. The van der Waals surface area contributed by atoms with E-state index in [2.05, 4.69) is 20.4 Å². The normalized spacial score (nSPS) is 9.89. The molecule has 0 atom stereocenters. The van der Waals surface area contributed by atoms with Gasteiger partial charge in [0.25, 0.3) is 0 Å². The van der Waals surface area contributed by atoms with Crippen LogP contribution >= 0.6 is 0 Å². The van der Waals surface area contributed by atoms with Gasteiger partial charge in [0.15, 0.2) is 0 Å². The number of anilines is 2. The van der Waals surface area contributed by atoms with E-state index in [0.717, 1.165) is 11.4 Å². The zero-order valence-electron chi connectivity index (χ0n) is 10.3. The second-order valence-electron chi connectivity index (χ2n) is 3.62. The molecule has 0 saturated heterocycles. The molecule has 92 valence electrons. The van der Waals surface area contributed by atoms with E-state index >= 15 is 0 Å². The summed E-state index contributed by atoms with van der Waals surface area (Å²) in [5, 5.41) is 16.0. The molecule has 2 aromatic rings. The summed E-state index contributed by atoms with van der Waals surface area (Å²) < 4.78 is 6.75. The molecule has 0 amide bonds. The van der Waals surface area contributed by atoms with E-state index in [9.17, 15) is 0 Å². The summed E-state index contributed by atoms with van der Waals surface area (Å²) in [6.45, 7) is 1.93. The van der Waals surface area contributed by atoms with E-state index in [4.69, 9.17) is 10.00 Å². The quantitative estimate of drug-likeness (QED) is 0.871. The number of aryl methyl sites for hydroxylation is 1. The highest BCUT2D eigenvalue weighted by molar-refractivity contribution is 5.56. The van der Waals surface area contributed by atoms with Gasteiger partial charge >= 0.3 is 0 Å². The Morgan fingerprint density at radius 2 is 2.22 bits per heavy atom. The Balaban J connectivity index is 2.30. The third-order valence-corrected chi connectivity index (χ3v) is 2.55. The fourth-order valence-electron chi connectivity index (χ4n) is 1.40. The van der Waals surface area contributed by atoms with Gasteiger partial charge in [0.1, 0.15) is 11.6 Å². The molecule has 2 aromatic heterocycles. The van der Waals surface area contributed by atoms with Gasteiger partial charge in [0.05, 0.1) is 30.9 Å². The Hall–Kier alpha value is -2.62. The smallest absolute Gasteiger partial charge is 0.236 e. The minimum absolute atomic E-state index is 0.247. The maximum atomic E-state index is 8.83. The van der Waals surface area contributed by atoms with Gasteiger partial charge in [0.2, 0.25) is 11.8 Å². The van der Waals surface area contributed by atoms with Crippen molar-refractivity contribution < 1.29 is 4.74 Å². The van der Waals surface area contributed by atoms with Gasteiger partial charge in [-0.2, -0.15) is 15.3 Å². The first-order valence-corrected chi connectivity index (χ1v) is 5.22. The minimum atomic E-state index is 0.247. The minimum Gasteiger partial charge on any atom is -0.480 e. The van der Waals surface area contributed by atoms with Crippen LogP contribution in [-0.2, 0) is 7.05 Å². The first kappa shape index (κ1) is 11.9. The van der Waals surface area contributed by atoms with Crippen molar-refractivity contribution in [3.63, 3.8) is 0 Å². The molecular weight excluding hydrogens is 232 g/mol. The molecule has 7 heteroatoms. The Morgan fingerprint density at radius 3 is 2.78 bits per heavy atom. The summed E-state index contributed by atoms with van der Waals surface area (Å²) in [4.78, 5) is 8.15. The first-order chi connectivity index (χ1) is 8.65. The molecule has 0 aromatic carbocycles. The summed E-state index contributed by atoms with van der Waals surface area (Å²) >= 11 is 0. The lowest BCUT2D eigenvalue weighted by molar-refractivity contribution is 0.396. The summed E-state index contributed by atoms with van der Waals surface area (Å²) in [6.07, 6.45) is 3.10. The van der Waals surface area contributed by atoms with Crippen molar-refractivity contribution in [2.45, 2.75) is 6.92 Å². The van der Waals surface area contributed by atoms with Crippen LogP contribution in [-0.4, -0.2) is 26.9 Å². The molecule has 0 saturated carbocycles. The van der Waals surface area contributed by atoms with Crippen LogP contribution in [0.25, 0.3) is 0 Å². The molecule has 0 unspecified atom stereocenters. The lowest BCUT2D eigenvalue weighted by Crippen LogP contribution is -2.01. The number of methoxy groups -OCH3 is 1. The van der Waals surface area contributed by atoms with E-state index in [-0.39, 0.29) is 5.88 Å². The van der Waals surface area contributed by atoms with Crippen LogP contribution in [0, 0.1) is 18.3 Å². The van der Waals surface area contributed by atoms with Gasteiger partial charge in [-0.05, 0) is 6.92 Å². The average molecular weight is 244 g/mol. The van der Waals surface area contributed by atoms with Gasteiger partial charge in [-0.25, -0.2) is 4.98 Å². The molecule has 0 fully saturated rings. The van der Waals surface area contributed by atoms with Crippen molar-refractivity contribution in [2.24, 2.45) is 7.05 Å². The molecular formula is C11H12N6O. The number of hydrogen-bond donors (Lipinski definition) is 1. The van der Waals surface area contributed by atoms with E-state index in [1.807, 2.05) is 20.0 Å². The maximum Gasteiger partial charge on any atom is 0.236 e. The maximum absolute atomic E-state index is 8.83. The fourth-order valence-corrected chi connectivity index (χ4v) is 1.40. The largest absolute Gasteiger partial charge is 0.480 e. The van der Waals surface area contributed by atoms with Crippen LogP contribution in [0.3, 0.4) is 0 Å². The van der Waals surface area contributed by atoms with Crippen molar-refractivity contribution >= 4 is 11.6 Å². The average Bonchev–Trinajstić information content (AvgIpc) is 2.70. The number of aromatic nitrogens is 4. The van der Waals surface area contributed by atoms with E-state index in [1.165, 1.54) is 13.3 Å². The fraction of sp³-hybridized carbons (Fsp3) is 0.273. The molecule has 0 aliphatic carbocycles. The topological polar surface area (TPSA) is 88.7 Å². The number of ether oxygens (including phenoxy) is 1.